The Bertz CT molecular complexity index is 427. The molecular formula is C18H29FN2. The monoisotopic (exact) mass is 292 g/mol. The SMILES string of the molecule is CCCNC1CCC(N(C)C(C)c2ccccc2F)CC1. The molecule has 3 heteroatoms. The van der Waals surface area contributed by atoms with Gasteiger partial charge >= 0.3 is 0 Å². The van der Waals surface area contributed by atoms with Gasteiger partial charge in [0.1, 0.15) is 5.82 Å². The van der Waals surface area contributed by atoms with Gasteiger partial charge in [0.05, 0.1) is 0 Å². The average molecular weight is 292 g/mol. The quantitative estimate of drug-likeness (QED) is 0.848. The zero-order valence-corrected chi connectivity index (χ0v) is 13.6. The number of hydrogen-bond donors (Lipinski definition) is 1. The van der Waals surface area contributed by atoms with Crippen molar-refractivity contribution >= 4 is 0 Å². The number of halogens is 1. The molecule has 0 heterocycles. The second kappa shape index (κ2) is 7.90. The van der Waals surface area contributed by atoms with Crippen LogP contribution in [-0.4, -0.2) is 30.6 Å². The number of nitrogens with zero attached hydrogens (tertiary/aromatic N) is 1. The zero-order chi connectivity index (χ0) is 15.2. The maximum Gasteiger partial charge on any atom is 0.127 e. The highest BCUT2D eigenvalue weighted by molar-refractivity contribution is 5.20. The topological polar surface area (TPSA) is 15.3 Å². The predicted octanol–water partition coefficient (Wildman–Crippen LogP) is 4.13. The van der Waals surface area contributed by atoms with Crippen LogP contribution in [-0.2, 0) is 0 Å². The van der Waals surface area contributed by atoms with Crippen molar-refractivity contribution in [2.24, 2.45) is 0 Å². The maximum absolute atomic E-state index is 13.9. The van der Waals surface area contributed by atoms with Gasteiger partial charge in [-0.2, -0.15) is 0 Å². The molecule has 0 amide bonds. The summed E-state index contributed by atoms with van der Waals surface area (Å²) in [6.07, 6.45) is 6.08. The van der Waals surface area contributed by atoms with Gasteiger partial charge in [-0.25, -0.2) is 4.39 Å². The van der Waals surface area contributed by atoms with Gasteiger partial charge in [-0.3, -0.25) is 4.90 Å². The fourth-order valence-electron chi connectivity index (χ4n) is 3.39. The van der Waals surface area contributed by atoms with Crippen LogP contribution in [0.5, 0.6) is 0 Å². The third kappa shape index (κ3) is 4.27. The number of benzene rings is 1. The van der Waals surface area contributed by atoms with E-state index < -0.39 is 0 Å². The van der Waals surface area contributed by atoms with E-state index in [4.69, 9.17) is 0 Å². The van der Waals surface area contributed by atoms with E-state index in [1.807, 2.05) is 12.1 Å². The van der Waals surface area contributed by atoms with Crippen LogP contribution in [0.2, 0.25) is 0 Å². The molecule has 1 N–H and O–H groups in total. The molecule has 2 rings (SSSR count). The van der Waals surface area contributed by atoms with Gasteiger partial charge in [0.25, 0.3) is 0 Å². The Balaban J connectivity index is 1.89. The summed E-state index contributed by atoms with van der Waals surface area (Å²) in [6.45, 7) is 5.44. The van der Waals surface area contributed by atoms with Crippen molar-refractivity contribution in [3.8, 4) is 0 Å². The third-order valence-electron chi connectivity index (χ3n) is 4.92. The Morgan fingerprint density at radius 1 is 1.24 bits per heavy atom. The molecule has 0 saturated heterocycles. The summed E-state index contributed by atoms with van der Waals surface area (Å²) in [5.41, 5.74) is 0.811. The van der Waals surface area contributed by atoms with Gasteiger partial charge in [0, 0.05) is 23.7 Å². The van der Waals surface area contributed by atoms with E-state index in [1.165, 1.54) is 32.1 Å². The Morgan fingerprint density at radius 3 is 2.52 bits per heavy atom. The van der Waals surface area contributed by atoms with Crippen LogP contribution in [0.15, 0.2) is 24.3 Å². The fraction of sp³-hybridized carbons (Fsp3) is 0.667. The molecule has 0 aromatic heterocycles. The highest BCUT2D eigenvalue weighted by atomic mass is 19.1. The van der Waals surface area contributed by atoms with Gasteiger partial charge < -0.3 is 5.32 Å². The molecule has 1 aromatic rings. The van der Waals surface area contributed by atoms with Crippen molar-refractivity contribution in [3.63, 3.8) is 0 Å². The Labute approximate surface area is 128 Å². The molecule has 0 bridgehead atoms. The van der Waals surface area contributed by atoms with Crippen LogP contribution in [0, 0.1) is 5.82 Å². The van der Waals surface area contributed by atoms with Crippen LogP contribution < -0.4 is 5.32 Å². The largest absolute Gasteiger partial charge is 0.314 e. The van der Waals surface area contributed by atoms with E-state index in [-0.39, 0.29) is 11.9 Å². The minimum atomic E-state index is -0.0878. The van der Waals surface area contributed by atoms with E-state index in [2.05, 4.69) is 31.1 Å². The molecule has 1 aliphatic carbocycles. The van der Waals surface area contributed by atoms with Crippen LogP contribution in [0.25, 0.3) is 0 Å². The second-order valence-electron chi connectivity index (χ2n) is 6.32. The highest BCUT2D eigenvalue weighted by Crippen LogP contribution is 2.29. The van der Waals surface area contributed by atoms with Crippen molar-refractivity contribution in [2.45, 2.75) is 64.1 Å². The summed E-state index contributed by atoms with van der Waals surface area (Å²) in [5.74, 6) is -0.0878. The van der Waals surface area contributed by atoms with Crippen LogP contribution in [0.4, 0.5) is 4.39 Å². The number of rotatable bonds is 6. The van der Waals surface area contributed by atoms with Gasteiger partial charge in [-0.1, -0.05) is 25.1 Å². The molecule has 21 heavy (non-hydrogen) atoms. The van der Waals surface area contributed by atoms with Crippen molar-refractivity contribution in [3.05, 3.63) is 35.6 Å². The minimum absolute atomic E-state index is 0.0878. The van der Waals surface area contributed by atoms with E-state index in [9.17, 15) is 4.39 Å². The third-order valence-corrected chi connectivity index (χ3v) is 4.92. The van der Waals surface area contributed by atoms with Gasteiger partial charge in [0.15, 0.2) is 0 Å². The molecular weight excluding hydrogens is 263 g/mol. The van der Waals surface area contributed by atoms with Crippen LogP contribution in [0.3, 0.4) is 0 Å². The van der Waals surface area contributed by atoms with Crippen molar-refractivity contribution in [2.75, 3.05) is 13.6 Å². The summed E-state index contributed by atoms with van der Waals surface area (Å²) in [7, 11) is 2.14. The first-order valence-electron chi connectivity index (χ1n) is 8.33. The Hall–Kier alpha value is -0.930. The molecule has 0 spiro atoms. The highest BCUT2D eigenvalue weighted by Gasteiger charge is 2.27. The van der Waals surface area contributed by atoms with E-state index in [0.29, 0.717) is 12.1 Å². The lowest BCUT2D eigenvalue weighted by molar-refractivity contribution is 0.133. The molecule has 0 radical (unpaired) electrons. The zero-order valence-electron chi connectivity index (χ0n) is 13.6. The summed E-state index contributed by atoms with van der Waals surface area (Å²) >= 11 is 0. The summed E-state index contributed by atoms with van der Waals surface area (Å²) in [5, 5.41) is 3.62. The average Bonchev–Trinajstić information content (AvgIpc) is 2.52. The molecule has 1 aliphatic rings. The normalized spacial score (nSPS) is 24.2. The fourth-order valence-corrected chi connectivity index (χ4v) is 3.39. The summed E-state index contributed by atoms with van der Waals surface area (Å²) in [6, 6.07) is 8.54. The van der Waals surface area contributed by atoms with E-state index in [0.717, 1.165) is 12.1 Å². The molecule has 118 valence electrons. The van der Waals surface area contributed by atoms with Gasteiger partial charge in [0.2, 0.25) is 0 Å². The number of nitrogens with one attached hydrogen (secondary N) is 1. The first-order chi connectivity index (χ1) is 10.1. The Kier molecular flexibility index (Phi) is 6.19. The van der Waals surface area contributed by atoms with E-state index in [1.54, 1.807) is 12.1 Å². The molecule has 0 aliphatic heterocycles. The smallest absolute Gasteiger partial charge is 0.127 e. The number of hydrogen-bond acceptors (Lipinski definition) is 2. The summed E-state index contributed by atoms with van der Waals surface area (Å²) in [4.78, 5) is 2.36. The molecule has 2 nitrogen and oxygen atoms in total. The lowest BCUT2D eigenvalue weighted by Gasteiger charge is -2.38. The van der Waals surface area contributed by atoms with Crippen molar-refractivity contribution in [1.82, 2.24) is 10.2 Å². The van der Waals surface area contributed by atoms with E-state index >= 15 is 0 Å². The van der Waals surface area contributed by atoms with Crippen molar-refractivity contribution < 1.29 is 4.39 Å². The Morgan fingerprint density at radius 2 is 1.90 bits per heavy atom. The molecule has 1 atom stereocenters. The summed E-state index contributed by atoms with van der Waals surface area (Å²) < 4.78 is 13.9. The second-order valence-corrected chi connectivity index (χ2v) is 6.32. The molecule has 1 fully saturated rings. The molecule has 1 saturated carbocycles. The lowest BCUT2D eigenvalue weighted by Crippen LogP contribution is -2.42. The van der Waals surface area contributed by atoms with Gasteiger partial charge in [-0.15, -0.1) is 0 Å². The first kappa shape index (κ1) is 16.4. The van der Waals surface area contributed by atoms with Crippen molar-refractivity contribution in [1.29, 1.82) is 0 Å². The maximum atomic E-state index is 13.9. The minimum Gasteiger partial charge on any atom is -0.314 e. The standard InChI is InChI=1S/C18H29FN2/c1-4-13-20-15-9-11-16(12-10-15)21(3)14(2)17-7-5-6-8-18(17)19/h5-8,14-16,20H,4,9-13H2,1-3H3. The van der Waals surface area contributed by atoms with Gasteiger partial charge in [-0.05, 0) is 58.7 Å². The predicted molar refractivity (Wildman–Crippen MR) is 86.9 cm³/mol. The first-order valence-corrected chi connectivity index (χ1v) is 8.33. The molecule has 1 aromatic carbocycles. The molecule has 1 unspecified atom stereocenters. The van der Waals surface area contributed by atoms with Crippen LogP contribution in [0.1, 0.15) is 57.6 Å². The lowest BCUT2D eigenvalue weighted by atomic mass is 9.89. The van der Waals surface area contributed by atoms with Crippen LogP contribution >= 0.6 is 0 Å².